The predicted octanol–water partition coefficient (Wildman–Crippen LogP) is 2.78. The number of hydrogen-bond donors (Lipinski definition) is 0. The highest BCUT2D eigenvalue weighted by atomic mass is 35.5. The summed E-state index contributed by atoms with van der Waals surface area (Å²) in [6.07, 6.45) is 2.69. The summed E-state index contributed by atoms with van der Waals surface area (Å²) in [6, 6.07) is 5.94. The van der Waals surface area contributed by atoms with E-state index < -0.39 is 4.92 Å². The molecule has 0 bridgehead atoms. The third kappa shape index (κ3) is 2.57. The zero-order chi connectivity index (χ0) is 10.6. The monoisotopic (exact) mass is 208 g/mol. The SMILES string of the molecule is N#CC=Cc1cc(Cl)cc([N+](=O)[O-])c1. The molecule has 70 valence electrons. The molecule has 0 aliphatic rings. The molecule has 0 aliphatic heterocycles. The van der Waals surface area contributed by atoms with E-state index in [1.54, 1.807) is 12.1 Å². The molecule has 0 aliphatic carbocycles. The van der Waals surface area contributed by atoms with Crippen molar-refractivity contribution in [2.75, 3.05) is 0 Å². The van der Waals surface area contributed by atoms with Gasteiger partial charge in [-0.25, -0.2) is 0 Å². The average molecular weight is 209 g/mol. The van der Waals surface area contributed by atoms with Crippen LogP contribution in [0.3, 0.4) is 0 Å². The molecule has 0 heterocycles. The molecule has 0 saturated carbocycles. The van der Waals surface area contributed by atoms with Crippen molar-refractivity contribution in [3.63, 3.8) is 0 Å². The smallest absolute Gasteiger partial charge is 0.258 e. The lowest BCUT2D eigenvalue weighted by atomic mass is 10.2. The zero-order valence-corrected chi connectivity index (χ0v) is 7.73. The van der Waals surface area contributed by atoms with Crippen molar-refractivity contribution in [1.29, 1.82) is 5.26 Å². The molecule has 4 nitrogen and oxygen atoms in total. The van der Waals surface area contributed by atoms with E-state index in [1.165, 1.54) is 24.3 Å². The van der Waals surface area contributed by atoms with Gasteiger partial charge in [0.1, 0.15) is 0 Å². The number of non-ortho nitro benzene ring substituents is 1. The molecule has 0 aromatic heterocycles. The van der Waals surface area contributed by atoms with Crippen LogP contribution in [0.4, 0.5) is 5.69 Å². The van der Waals surface area contributed by atoms with E-state index in [0.717, 1.165) is 0 Å². The number of allylic oxidation sites excluding steroid dienone is 1. The van der Waals surface area contributed by atoms with Crippen molar-refractivity contribution in [3.8, 4) is 6.07 Å². The Bertz CT molecular complexity index is 435. The van der Waals surface area contributed by atoms with Crippen molar-refractivity contribution < 1.29 is 4.92 Å². The third-order valence-corrected chi connectivity index (χ3v) is 1.68. The fourth-order valence-corrected chi connectivity index (χ4v) is 1.17. The standard InChI is InChI=1S/C9H5ClN2O2/c10-8-4-7(2-1-3-11)5-9(6-8)12(13)14/h1-2,4-6H. The summed E-state index contributed by atoms with van der Waals surface area (Å²) in [4.78, 5) is 9.90. The Hall–Kier alpha value is -1.86. The minimum atomic E-state index is -0.532. The lowest BCUT2D eigenvalue weighted by Gasteiger charge is -1.95. The van der Waals surface area contributed by atoms with Gasteiger partial charge in [0.05, 0.1) is 11.0 Å². The van der Waals surface area contributed by atoms with Gasteiger partial charge in [0.2, 0.25) is 0 Å². The number of benzene rings is 1. The maximum Gasteiger partial charge on any atom is 0.271 e. The summed E-state index contributed by atoms with van der Waals surface area (Å²) in [6.45, 7) is 0. The zero-order valence-electron chi connectivity index (χ0n) is 6.98. The predicted molar refractivity (Wildman–Crippen MR) is 52.8 cm³/mol. The van der Waals surface area contributed by atoms with Crippen LogP contribution in [0.1, 0.15) is 5.56 Å². The van der Waals surface area contributed by atoms with Gasteiger partial charge < -0.3 is 0 Å². The first kappa shape index (κ1) is 10.2. The van der Waals surface area contributed by atoms with E-state index in [2.05, 4.69) is 0 Å². The van der Waals surface area contributed by atoms with E-state index in [0.29, 0.717) is 5.56 Å². The molecule has 0 amide bonds. The summed E-state index contributed by atoms with van der Waals surface area (Å²) < 4.78 is 0. The molecule has 0 saturated heterocycles. The number of nitriles is 1. The van der Waals surface area contributed by atoms with Crippen LogP contribution < -0.4 is 0 Å². The second-order valence-corrected chi connectivity index (χ2v) is 2.90. The van der Waals surface area contributed by atoms with Crippen molar-refractivity contribution in [2.45, 2.75) is 0 Å². The Morgan fingerprint density at radius 2 is 2.21 bits per heavy atom. The van der Waals surface area contributed by atoms with Crippen LogP contribution in [0, 0.1) is 21.4 Å². The summed E-state index contributed by atoms with van der Waals surface area (Å²) in [5.41, 5.74) is 0.445. The van der Waals surface area contributed by atoms with Gasteiger partial charge >= 0.3 is 0 Å². The molecule has 0 radical (unpaired) electrons. The van der Waals surface area contributed by atoms with Crippen LogP contribution >= 0.6 is 11.6 Å². The topological polar surface area (TPSA) is 66.9 Å². The first-order valence-corrected chi connectivity index (χ1v) is 4.02. The van der Waals surface area contributed by atoms with Gasteiger partial charge in [-0.2, -0.15) is 5.26 Å². The van der Waals surface area contributed by atoms with Crippen LogP contribution in [0.15, 0.2) is 24.3 Å². The number of rotatable bonds is 2. The minimum absolute atomic E-state index is 0.0879. The normalized spacial score (nSPS) is 10.0. The van der Waals surface area contributed by atoms with Gasteiger partial charge in [0.15, 0.2) is 0 Å². The highest BCUT2D eigenvalue weighted by Gasteiger charge is 2.06. The van der Waals surface area contributed by atoms with Gasteiger partial charge in [-0.1, -0.05) is 11.6 Å². The highest BCUT2D eigenvalue weighted by molar-refractivity contribution is 6.30. The Kier molecular flexibility index (Phi) is 3.21. The van der Waals surface area contributed by atoms with Crippen molar-refractivity contribution in [1.82, 2.24) is 0 Å². The summed E-state index contributed by atoms with van der Waals surface area (Å²) >= 11 is 5.65. The van der Waals surface area contributed by atoms with E-state index in [-0.39, 0.29) is 10.7 Å². The van der Waals surface area contributed by atoms with E-state index >= 15 is 0 Å². The Morgan fingerprint density at radius 1 is 1.50 bits per heavy atom. The molecule has 1 rings (SSSR count). The van der Waals surface area contributed by atoms with Crippen molar-refractivity contribution >= 4 is 23.4 Å². The molecule has 14 heavy (non-hydrogen) atoms. The molecule has 1 aromatic carbocycles. The number of halogens is 1. The molecular formula is C9H5ClN2O2. The van der Waals surface area contributed by atoms with Crippen LogP contribution in [0.2, 0.25) is 5.02 Å². The molecule has 0 fully saturated rings. The van der Waals surface area contributed by atoms with E-state index in [4.69, 9.17) is 16.9 Å². The molecule has 0 unspecified atom stereocenters. The minimum Gasteiger partial charge on any atom is -0.258 e. The molecule has 0 atom stereocenters. The van der Waals surface area contributed by atoms with E-state index in [1.807, 2.05) is 0 Å². The van der Waals surface area contributed by atoms with Crippen LogP contribution in [0.25, 0.3) is 6.08 Å². The molecule has 5 heteroatoms. The fourth-order valence-electron chi connectivity index (χ4n) is 0.931. The first-order valence-electron chi connectivity index (χ1n) is 3.64. The summed E-state index contributed by atoms with van der Waals surface area (Å²) in [5, 5.41) is 19.0. The highest BCUT2D eigenvalue weighted by Crippen LogP contribution is 2.21. The lowest BCUT2D eigenvalue weighted by Crippen LogP contribution is -1.88. The fraction of sp³-hybridized carbons (Fsp3) is 0. The van der Waals surface area contributed by atoms with Gasteiger partial charge in [0.25, 0.3) is 5.69 Å². The second-order valence-electron chi connectivity index (χ2n) is 2.46. The largest absolute Gasteiger partial charge is 0.271 e. The van der Waals surface area contributed by atoms with Gasteiger partial charge in [0, 0.05) is 23.2 Å². The molecule has 1 aromatic rings. The Balaban J connectivity index is 3.15. The van der Waals surface area contributed by atoms with Gasteiger partial charge in [-0.3, -0.25) is 10.1 Å². The second kappa shape index (κ2) is 4.40. The quantitative estimate of drug-likeness (QED) is 0.426. The molecule has 0 spiro atoms. The Labute approximate surface area is 85.2 Å². The first-order chi connectivity index (χ1) is 6.63. The number of nitro benzene ring substituents is 1. The third-order valence-electron chi connectivity index (χ3n) is 1.47. The van der Waals surface area contributed by atoms with Crippen LogP contribution in [-0.4, -0.2) is 4.92 Å². The van der Waals surface area contributed by atoms with Crippen molar-refractivity contribution in [2.24, 2.45) is 0 Å². The maximum absolute atomic E-state index is 10.4. The number of hydrogen-bond acceptors (Lipinski definition) is 3. The van der Waals surface area contributed by atoms with Crippen molar-refractivity contribution in [3.05, 3.63) is 45.0 Å². The maximum atomic E-state index is 10.4. The van der Waals surface area contributed by atoms with Gasteiger partial charge in [-0.05, 0) is 17.7 Å². The lowest BCUT2D eigenvalue weighted by molar-refractivity contribution is -0.384. The van der Waals surface area contributed by atoms with Crippen LogP contribution in [-0.2, 0) is 0 Å². The summed E-state index contributed by atoms with van der Waals surface area (Å²) in [7, 11) is 0. The van der Waals surface area contributed by atoms with E-state index in [9.17, 15) is 10.1 Å². The number of nitro groups is 1. The molecular weight excluding hydrogens is 204 g/mol. The van der Waals surface area contributed by atoms with Crippen LogP contribution in [0.5, 0.6) is 0 Å². The Morgan fingerprint density at radius 3 is 2.79 bits per heavy atom. The summed E-state index contributed by atoms with van der Waals surface area (Å²) in [5.74, 6) is 0. The average Bonchev–Trinajstić information content (AvgIpc) is 2.14. The molecule has 0 N–H and O–H groups in total. The van der Waals surface area contributed by atoms with Gasteiger partial charge in [-0.15, -0.1) is 0 Å². The number of nitrogens with zero attached hydrogens (tertiary/aromatic N) is 2.